The minimum absolute atomic E-state index is 0.256. The Bertz CT molecular complexity index is 1270. The third-order valence-electron chi connectivity index (χ3n) is 6.65. The van der Waals surface area contributed by atoms with E-state index in [1.807, 2.05) is 0 Å². The highest BCUT2D eigenvalue weighted by Crippen LogP contribution is 2.35. The zero-order chi connectivity index (χ0) is 27.3. The lowest BCUT2D eigenvalue weighted by Crippen LogP contribution is -2.46. The van der Waals surface area contributed by atoms with Crippen LogP contribution in [0.1, 0.15) is 66.5 Å². The molecule has 10 heteroatoms. The van der Waals surface area contributed by atoms with E-state index in [1.165, 1.54) is 17.4 Å². The van der Waals surface area contributed by atoms with E-state index in [9.17, 15) is 18.0 Å². The second kappa shape index (κ2) is 12.3. The number of thiazole rings is 1. The highest BCUT2D eigenvalue weighted by Gasteiger charge is 2.31. The Morgan fingerprint density at radius 1 is 1.18 bits per heavy atom. The Kier molecular flexibility index (Phi) is 9.04. The number of piperidine rings is 1. The molecule has 0 spiro atoms. The molecule has 0 bridgehead atoms. The van der Waals surface area contributed by atoms with E-state index in [2.05, 4.69) is 34.4 Å². The number of aromatic nitrogens is 1. The van der Waals surface area contributed by atoms with Crippen LogP contribution in [0.25, 0.3) is 11.1 Å². The number of thiocarbonyl (C=S) groups is 1. The Hall–Kier alpha value is -2.98. The number of rotatable bonds is 7. The van der Waals surface area contributed by atoms with E-state index < -0.39 is 11.7 Å². The first-order chi connectivity index (χ1) is 18.2. The van der Waals surface area contributed by atoms with E-state index in [0.717, 1.165) is 61.0 Å². The van der Waals surface area contributed by atoms with Gasteiger partial charge in [-0.15, -0.1) is 11.3 Å². The van der Waals surface area contributed by atoms with E-state index in [4.69, 9.17) is 12.2 Å². The molecule has 0 radical (unpaired) electrons. The van der Waals surface area contributed by atoms with Gasteiger partial charge in [0, 0.05) is 41.7 Å². The first-order valence-corrected chi connectivity index (χ1v) is 14.0. The molecule has 1 aliphatic rings. The second-order valence-electron chi connectivity index (χ2n) is 9.55. The summed E-state index contributed by atoms with van der Waals surface area (Å²) in [6, 6.07) is 12.3. The normalized spacial score (nSPS) is 15.2. The molecule has 0 saturated carbocycles. The van der Waals surface area contributed by atoms with Crippen LogP contribution in [-0.4, -0.2) is 40.0 Å². The molecule has 202 valence electrons. The molecule has 1 unspecified atom stereocenters. The monoisotopic (exact) mass is 560 g/mol. The molecule has 0 aliphatic carbocycles. The number of amides is 1. The van der Waals surface area contributed by atoms with Gasteiger partial charge in [0.1, 0.15) is 5.69 Å². The number of carbonyl (C=O) groups is 1. The number of para-hydroxylation sites is 1. The molecule has 1 fully saturated rings. The van der Waals surface area contributed by atoms with Crippen LogP contribution in [0.3, 0.4) is 0 Å². The standard InChI is InChI=1S/C28H31F3N4OS2/c1-3-7-18(2)32-27(37)35-14-12-19(13-15-35)26-34-24(17-38-26)25(36)33-23-11-5-4-10-22(23)20-8-6-9-21(16-20)28(29,30)31/h4-6,8-11,16-19H,3,7,12-15H2,1-2H3,(H,32,37)(H,33,36). The van der Waals surface area contributed by atoms with Crippen LogP contribution < -0.4 is 10.6 Å². The summed E-state index contributed by atoms with van der Waals surface area (Å²) in [4.78, 5) is 19.8. The van der Waals surface area contributed by atoms with Crippen LogP contribution in [-0.2, 0) is 6.18 Å². The van der Waals surface area contributed by atoms with Crippen molar-refractivity contribution in [3.8, 4) is 11.1 Å². The smallest absolute Gasteiger partial charge is 0.360 e. The van der Waals surface area contributed by atoms with Crippen molar-refractivity contribution in [2.75, 3.05) is 18.4 Å². The number of hydrogen-bond donors (Lipinski definition) is 2. The Labute approximate surface area is 230 Å². The highest BCUT2D eigenvalue weighted by molar-refractivity contribution is 7.80. The van der Waals surface area contributed by atoms with Gasteiger partial charge in [-0.05, 0) is 62.2 Å². The fourth-order valence-electron chi connectivity index (χ4n) is 4.61. The van der Waals surface area contributed by atoms with Gasteiger partial charge in [-0.1, -0.05) is 43.7 Å². The largest absolute Gasteiger partial charge is 0.416 e. The number of hydrogen-bond acceptors (Lipinski definition) is 4. The molecular weight excluding hydrogens is 529 g/mol. The number of carbonyl (C=O) groups excluding carboxylic acids is 1. The van der Waals surface area contributed by atoms with Gasteiger partial charge < -0.3 is 15.5 Å². The lowest BCUT2D eigenvalue weighted by atomic mass is 9.98. The summed E-state index contributed by atoms with van der Waals surface area (Å²) in [7, 11) is 0. The summed E-state index contributed by atoms with van der Waals surface area (Å²) >= 11 is 7.05. The summed E-state index contributed by atoms with van der Waals surface area (Å²) in [6.45, 7) is 5.97. The van der Waals surface area contributed by atoms with Crippen LogP contribution in [0.4, 0.5) is 18.9 Å². The minimum Gasteiger partial charge on any atom is -0.360 e. The van der Waals surface area contributed by atoms with Crippen molar-refractivity contribution in [2.45, 2.75) is 57.7 Å². The Morgan fingerprint density at radius 2 is 1.92 bits per heavy atom. The number of alkyl halides is 3. The first kappa shape index (κ1) is 28.0. The number of benzene rings is 2. The molecule has 38 heavy (non-hydrogen) atoms. The van der Waals surface area contributed by atoms with Crippen LogP contribution in [0.15, 0.2) is 53.9 Å². The van der Waals surface area contributed by atoms with E-state index >= 15 is 0 Å². The van der Waals surface area contributed by atoms with Gasteiger partial charge in [-0.25, -0.2) is 4.98 Å². The average molecular weight is 561 g/mol. The molecule has 1 amide bonds. The molecule has 5 nitrogen and oxygen atoms in total. The lowest BCUT2D eigenvalue weighted by Gasteiger charge is -2.34. The topological polar surface area (TPSA) is 57.3 Å². The molecule has 2 heterocycles. The van der Waals surface area contributed by atoms with Gasteiger partial charge >= 0.3 is 6.18 Å². The number of likely N-dealkylation sites (tertiary alicyclic amines) is 1. The molecule has 2 N–H and O–H groups in total. The minimum atomic E-state index is -4.45. The lowest BCUT2D eigenvalue weighted by molar-refractivity contribution is -0.137. The van der Waals surface area contributed by atoms with Crippen molar-refractivity contribution >= 4 is 40.3 Å². The van der Waals surface area contributed by atoms with Crippen molar-refractivity contribution < 1.29 is 18.0 Å². The second-order valence-corrected chi connectivity index (χ2v) is 10.8. The van der Waals surface area contributed by atoms with Crippen LogP contribution >= 0.6 is 23.6 Å². The maximum absolute atomic E-state index is 13.2. The molecule has 1 saturated heterocycles. The van der Waals surface area contributed by atoms with Crippen molar-refractivity contribution in [1.82, 2.24) is 15.2 Å². The Balaban J connectivity index is 1.40. The molecule has 1 aromatic heterocycles. The van der Waals surface area contributed by atoms with E-state index in [1.54, 1.807) is 35.7 Å². The quantitative estimate of drug-likeness (QED) is 0.297. The van der Waals surface area contributed by atoms with Crippen molar-refractivity contribution in [2.24, 2.45) is 0 Å². The zero-order valence-electron chi connectivity index (χ0n) is 21.3. The first-order valence-electron chi connectivity index (χ1n) is 12.7. The maximum Gasteiger partial charge on any atom is 0.416 e. The highest BCUT2D eigenvalue weighted by atomic mass is 32.1. The summed E-state index contributed by atoms with van der Waals surface area (Å²) in [6.07, 6.45) is -0.468. The van der Waals surface area contributed by atoms with Crippen LogP contribution in [0.5, 0.6) is 0 Å². The van der Waals surface area contributed by atoms with Gasteiger partial charge in [0.2, 0.25) is 0 Å². The number of nitrogens with one attached hydrogen (secondary N) is 2. The van der Waals surface area contributed by atoms with Crippen molar-refractivity contribution in [1.29, 1.82) is 0 Å². The fraction of sp³-hybridized carbons (Fsp3) is 0.393. The van der Waals surface area contributed by atoms with Gasteiger partial charge in [0.15, 0.2) is 5.11 Å². The third-order valence-corrected chi connectivity index (χ3v) is 8.04. The van der Waals surface area contributed by atoms with Crippen molar-refractivity contribution in [3.05, 3.63) is 70.2 Å². The van der Waals surface area contributed by atoms with Crippen LogP contribution in [0.2, 0.25) is 0 Å². The van der Waals surface area contributed by atoms with E-state index in [0.29, 0.717) is 28.6 Å². The van der Waals surface area contributed by atoms with Gasteiger partial charge in [-0.3, -0.25) is 4.79 Å². The molecule has 2 aromatic carbocycles. The van der Waals surface area contributed by atoms with Gasteiger partial charge in [-0.2, -0.15) is 13.2 Å². The fourth-order valence-corrected chi connectivity index (χ4v) is 5.96. The summed E-state index contributed by atoms with van der Waals surface area (Å²) in [5.74, 6) is -0.134. The maximum atomic E-state index is 13.2. The Morgan fingerprint density at radius 3 is 2.63 bits per heavy atom. The predicted octanol–water partition coefficient (Wildman–Crippen LogP) is 7.32. The third kappa shape index (κ3) is 6.91. The zero-order valence-corrected chi connectivity index (χ0v) is 23.0. The number of nitrogens with zero attached hydrogens (tertiary/aromatic N) is 2. The predicted molar refractivity (Wildman–Crippen MR) is 151 cm³/mol. The summed E-state index contributed by atoms with van der Waals surface area (Å²) < 4.78 is 39.7. The molecular formula is C28H31F3N4OS2. The number of anilines is 1. The van der Waals surface area contributed by atoms with Crippen LogP contribution in [0, 0.1) is 0 Å². The van der Waals surface area contributed by atoms with Crippen molar-refractivity contribution in [3.63, 3.8) is 0 Å². The molecule has 1 atom stereocenters. The summed E-state index contributed by atoms with van der Waals surface area (Å²) in [5.41, 5.74) is 0.874. The van der Waals surface area contributed by atoms with E-state index in [-0.39, 0.29) is 11.8 Å². The number of halogens is 3. The van der Waals surface area contributed by atoms with Gasteiger partial charge in [0.05, 0.1) is 10.6 Å². The SMILES string of the molecule is CCCC(C)NC(=S)N1CCC(c2nc(C(=O)Nc3ccccc3-c3cccc(C(F)(F)F)c3)cs2)CC1. The summed E-state index contributed by atoms with van der Waals surface area (Å²) in [5, 5.41) is 9.70. The average Bonchev–Trinajstić information content (AvgIpc) is 3.39. The van der Waals surface area contributed by atoms with Gasteiger partial charge in [0.25, 0.3) is 5.91 Å². The molecule has 1 aliphatic heterocycles. The molecule has 3 aromatic rings. The molecule has 4 rings (SSSR count).